The van der Waals surface area contributed by atoms with Crippen molar-refractivity contribution in [2.24, 2.45) is 5.14 Å². The fourth-order valence-corrected chi connectivity index (χ4v) is 2.41. The van der Waals surface area contributed by atoms with Crippen LogP contribution in [0, 0.1) is 6.92 Å². The first-order chi connectivity index (χ1) is 7.89. The van der Waals surface area contributed by atoms with Gasteiger partial charge in [-0.2, -0.15) is 5.10 Å². The molecule has 0 bridgehead atoms. The van der Waals surface area contributed by atoms with Crippen LogP contribution in [0.3, 0.4) is 0 Å². The highest BCUT2D eigenvalue weighted by molar-refractivity contribution is 7.89. The van der Waals surface area contributed by atoms with Gasteiger partial charge in [0.05, 0.1) is 11.9 Å². The van der Waals surface area contributed by atoms with Gasteiger partial charge in [-0.25, -0.2) is 18.2 Å². The maximum Gasteiger partial charge on any atom is 0.255 e. The second kappa shape index (κ2) is 4.14. The number of halogens is 1. The molecule has 0 saturated carbocycles. The monoisotopic (exact) mass is 271 g/mol. The van der Waals surface area contributed by atoms with E-state index in [2.05, 4.69) is 5.10 Å². The molecule has 0 atom stereocenters. The molecular weight excluding hydrogens is 262 g/mol. The number of rotatable bonds is 2. The van der Waals surface area contributed by atoms with Gasteiger partial charge >= 0.3 is 0 Å². The highest BCUT2D eigenvalue weighted by atomic mass is 35.5. The molecule has 0 radical (unpaired) electrons. The number of primary sulfonamides is 1. The SMILES string of the molecule is Cc1cc(Cl)ccc1-n1nccc1S(N)(=O)=O. The predicted octanol–water partition coefficient (Wildman–Crippen LogP) is 1.48. The third kappa shape index (κ3) is 2.33. The van der Waals surface area contributed by atoms with Crippen molar-refractivity contribution < 1.29 is 8.42 Å². The average Bonchev–Trinajstić information content (AvgIpc) is 2.65. The Bertz CT molecular complexity index is 664. The zero-order valence-electron chi connectivity index (χ0n) is 8.96. The molecule has 7 heteroatoms. The highest BCUT2D eigenvalue weighted by Gasteiger charge is 2.16. The van der Waals surface area contributed by atoms with Crippen LogP contribution < -0.4 is 5.14 Å². The van der Waals surface area contributed by atoms with Crippen molar-refractivity contribution in [2.75, 3.05) is 0 Å². The van der Waals surface area contributed by atoms with Gasteiger partial charge in [-0.05, 0) is 36.8 Å². The molecule has 2 aromatic rings. The summed E-state index contributed by atoms with van der Waals surface area (Å²) in [5.74, 6) is 0. The van der Waals surface area contributed by atoms with Crippen LogP contribution in [0.1, 0.15) is 5.56 Å². The zero-order valence-corrected chi connectivity index (χ0v) is 10.5. The summed E-state index contributed by atoms with van der Waals surface area (Å²) in [6.45, 7) is 1.82. The lowest BCUT2D eigenvalue weighted by molar-refractivity contribution is 0.587. The molecule has 2 rings (SSSR count). The van der Waals surface area contributed by atoms with E-state index < -0.39 is 10.0 Å². The number of aromatic nitrogens is 2. The van der Waals surface area contributed by atoms with Crippen LogP contribution in [-0.2, 0) is 10.0 Å². The smallest absolute Gasteiger partial charge is 0.223 e. The Morgan fingerprint density at radius 3 is 2.65 bits per heavy atom. The number of sulfonamides is 1. The van der Waals surface area contributed by atoms with E-state index in [1.807, 2.05) is 6.92 Å². The molecule has 5 nitrogen and oxygen atoms in total. The molecule has 0 saturated heterocycles. The third-order valence-corrected chi connectivity index (χ3v) is 3.41. The third-order valence-electron chi connectivity index (χ3n) is 2.29. The number of nitrogens with two attached hydrogens (primary N) is 1. The lowest BCUT2D eigenvalue weighted by Crippen LogP contribution is -2.17. The number of hydrogen-bond donors (Lipinski definition) is 1. The molecule has 1 aromatic heterocycles. The maximum atomic E-state index is 11.4. The molecule has 17 heavy (non-hydrogen) atoms. The van der Waals surface area contributed by atoms with Gasteiger partial charge in [-0.15, -0.1) is 0 Å². The Labute approximate surface area is 104 Å². The Kier molecular flexibility index (Phi) is 2.94. The summed E-state index contributed by atoms with van der Waals surface area (Å²) >= 11 is 5.84. The normalized spacial score (nSPS) is 11.7. The van der Waals surface area contributed by atoms with E-state index in [4.69, 9.17) is 16.7 Å². The second-order valence-electron chi connectivity index (χ2n) is 3.56. The van der Waals surface area contributed by atoms with Gasteiger partial charge in [-0.1, -0.05) is 11.6 Å². The van der Waals surface area contributed by atoms with Crippen LogP contribution in [0.5, 0.6) is 0 Å². The summed E-state index contributed by atoms with van der Waals surface area (Å²) in [6.07, 6.45) is 1.38. The van der Waals surface area contributed by atoms with Gasteiger partial charge in [0.15, 0.2) is 5.03 Å². The lowest BCUT2D eigenvalue weighted by atomic mass is 10.2. The molecule has 0 aliphatic carbocycles. The summed E-state index contributed by atoms with van der Waals surface area (Å²) in [5, 5.41) is 9.59. The van der Waals surface area contributed by atoms with E-state index in [1.165, 1.54) is 16.9 Å². The summed E-state index contributed by atoms with van der Waals surface area (Å²) < 4.78 is 24.0. The number of nitrogens with zero attached hydrogens (tertiary/aromatic N) is 2. The minimum absolute atomic E-state index is 0.0528. The van der Waals surface area contributed by atoms with Gasteiger partial charge in [0.25, 0.3) is 10.0 Å². The van der Waals surface area contributed by atoms with E-state index in [-0.39, 0.29) is 5.03 Å². The fraction of sp³-hybridized carbons (Fsp3) is 0.100. The highest BCUT2D eigenvalue weighted by Crippen LogP contribution is 2.21. The van der Waals surface area contributed by atoms with Crippen LogP contribution in [0.25, 0.3) is 5.69 Å². The largest absolute Gasteiger partial charge is 0.255 e. The van der Waals surface area contributed by atoms with Gasteiger partial charge in [-0.3, -0.25) is 0 Å². The molecule has 0 fully saturated rings. The predicted molar refractivity (Wildman–Crippen MR) is 64.7 cm³/mol. The minimum atomic E-state index is -3.80. The molecule has 0 spiro atoms. The Balaban J connectivity index is 2.66. The Morgan fingerprint density at radius 1 is 1.35 bits per heavy atom. The van der Waals surface area contributed by atoms with Crippen molar-refractivity contribution in [1.82, 2.24) is 9.78 Å². The van der Waals surface area contributed by atoms with Crippen LogP contribution in [0.2, 0.25) is 5.02 Å². The van der Waals surface area contributed by atoms with Crippen LogP contribution in [0.4, 0.5) is 0 Å². The van der Waals surface area contributed by atoms with Crippen molar-refractivity contribution in [2.45, 2.75) is 11.9 Å². The summed E-state index contributed by atoms with van der Waals surface area (Å²) in [6, 6.07) is 6.44. The molecule has 1 heterocycles. The van der Waals surface area contributed by atoms with E-state index in [0.717, 1.165) is 5.56 Å². The van der Waals surface area contributed by atoms with Crippen molar-refractivity contribution in [3.63, 3.8) is 0 Å². The second-order valence-corrected chi connectivity index (χ2v) is 5.50. The number of aryl methyl sites for hydroxylation is 1. The van der Waals surface area contributed by atoms with E-state index >= 15 is 0 Å². The number of hydrogen-bond acceptors (Lipinski definition) is 3. The van der Waals surface area contributed by atoms with Gasteiger partial charge in [0.2, 0.25) is 0 Å². The molecule has 0 aliphatic rings. The van der Waals surface area contributed by atoms with Crippen molar-refractivity contribution in [3.05, 3.63) is 41.0 Å². The Morgan fingerprint density at radius 2 is 2.06 bits per heavy atom. The first kappa shape index (κ1) is 12.1. The van der Waals surface area contributed by atoms with Crippen LogP contribution in [-0.4, -0.2) is 18.2 Å². The molecule has 0 unspecified atom stereocenters. The standard InChI is InChI=1S/C10H10ClN3O2S/c1-7-6-8(11)2-3-9(7)14-10(4-5-13-14)17(12,15)16/h2-6H,1H3,(H2,12,15,16). The van der Waals surface area contributed by atoms with Gasteiger partial charge < -0.3 is 0 Å². The maximum absolute atomic E-state index is 11.4. The molecule has 0 aliphatic heterocycles. The minimum Gasteiger partial charge on any atom is -0.223 e. The van der Waals surface area contributed by atoms with Crippen molar-refractivity contribution in [1.29, 1.82) is 0 Å². The zero-order chi connectivity index (χ0) is 12.6. The summed E-state index contributed by atoms with van der Waals surface area (Å²) in [4.78, 5) is 0. The number of benzene rings is 1. The topological polar surface area (TPSA) is 78.0 Å². The first-order valence-electron chi connectivity index (χ1n) is 4.73. The lowest BCUT2D eigenvalue weighted by Gasteiger charge is -2.09. The average molecular weight is 272 g/mol. The quantitative estimate of drug-likeness (QED) is 0.899. The van der Waals surface area contributed by atoms with Crippen molar-refractivity contribution in [3.8, 4) is 5.69 Å². The van der Waals surface area contributed by atoms with E-state index in [9.17, 15) is 8.42 Å². The van der Waals surface area contributed by atoms with Gasteiger partial charge in [0.1, 0.15) is 0 Å². The van der Waals surface area contributed by atoms with E-state index in [0.29, 0.717) is 10.7 Å². The molecule has 0 amide bonds. The fourth-order valence-electron chi connectivity index (χ4n) is 1.54. The van der Waals surface area contributed by atoms with Crippen molar-refractivity contribution >= 4 is 21.6 Å². The van der Waals surface area contributed by atoms with Gasteiger partial charge in [0, 0.05) is 5.02 Å². The molecular formula is C10H10ClN3O2S. The van der Waals surface area contributed by atoms with E-state index in [1.54, 1.807) is 18.2 Å². The van der Waals surface area contributed by atoms with Crippen LogP contribution >= 0.6 is 11.6 Å². The first-order valence-corrected chi connectivity index (χ1v) is 6.65. The summed E-state index contributed by atoms with van der Waals surface area (Å²) in [7, 11) is -3.80. The van der Waals surface area contributed by atoms with Crippen LogP contribution in [0.15, 0.2) is 35.5 Å². The molecule has 90 valence electrons. The summed E-state index contributed by atoms with van der Waals surface area (Å²) in [5.41, 5.74) is 1.44. The molecule has 1 aromatic carbocycles. The molecule has 2 N–H and O–H groups in total. The Hall–Kier alpha value is -1.37.